The summed E-state index contributed by atoms with van der Waals surface area (Å²) < 4.78 is 0. The number of Topliss-reactive ketones (excluding diaryl/α,β-unsaturated/α-hetero) is 1. The molecule has 138 valence electrons. The molecule has 4 unspecified atom stereocenters. The van der Waals surface area contributed by atoms with Crippen LogP contribution in [0.15, 0.2) is 16.8 Å². The summed E-state index contributed by atoms with van der Waals surface area (Å²) >= 11 is 0. The van der Waals surface area contributed by atoms with Gasteiger partial charge in [-0.25, -0.2) is 0 Å². The van der Waals surface area contributed by atoms with Crippen molar-refractivity contribution >= 4 is 11.5 Å². The fraction of sp³-hybridized carbons (Fsp3) is 0.810. The monoisotopic (exact) mass is 344 g/mol. The third kappa shape index (κ3) is 2.59. The van der Waals surface area contributed by atoms with Crippen molar-refractivity contribution in [1.29, 1.82) is 0 Å². The van der Waals surface area contributed by atoms with E-state index in [2.05, 4.69) is 25.1 Å². The lowest BCUT2D eigenvalue weighted by atomic mass is 9.47. The van der Waals surface area contributed by atoms with E-state index in [1.807, 2.05) is 0 Å². The maximum absolute atomic E-state index is 12.5. The largest absolute Gasteiger partial charge is 0.394 e. The summed E-state index contributed by atoms with van der Waals surface area (Å²) in [5.41, 5.74) is 8.40. The van der Waals surface area contributed by atoms with Crippen LogP contribution in [0.4, 0.5) is 0 Å². The van der Waals surface area contributed by atoms with Gasteiger partial charge in [-0.2, -0.15) is 0 Å². The molecule has 3 saturated carbocycles. The van der Waals surface area contributed by atoms with Crippen LogP contribution in [0.3, 0.4) is 0 Å². The quantitative estimate of drug-likeness (QED) is 0.625. The summed E-state index contributed by atoms with van der Waals surface area (Å²) in [5.74, 6) is 2.64. The van der Waals surface area contributed by atoms with Gasteiger partial charge in [0.1, 0.15) is 12.4 Å². The van der Waals surface area contributed by atoms with Gasteiger partial charge in [-0.1, -0.05) is 24.6 Å². The summed E-state index contributed by atoms with van der Waals surface area (Å²) in [6, 6.07) is 0. The minimum absolute atomic E-state index is 0.0178. The maximum atomic E-state index is 12.5. The summed E-state index contributed by atoms with van der Waals surface area (Å²) in [4.78, 5) is 17.8. The molecule has 0 aromatic rings. The number of nitrogens with two attached hydrogens (primary N) is 1. The lowest BCUT2D eigenvalue weighted by Gasteiger charge is -2.57. The Kier molecular flexibility index (Phi) is 4.30. The number of ketones is 1. The Morgan fingerprint density at radius 2 is 1.92 bits per heavy atom. The molecule has 0 heterocycles. The van der Waals surface area contributed by atoms with E-state index in [0.717, 1.165) is 49.7 Å². The molecule has 0 radical (unpaired) electrons. The highest BCUT2D eigenvalue weighted by atomic mass is 16.6. The first-order chi connectivity index (χ1) is 12.0. The van der Waals surface area contributed by atoms with E-state index in [9.17, 15) is 4.79 Å². The van der Waals surface area contributed by atoms with Gasteiger partial charge in [0.15, 0.2) is 0 Å². The number of nitrogens with zero attached hydrogens (tertiary/aromatic N) is 1. The van der Waals surface area contributed by atoms with Crippen molar-refractivity contribution in [2.75, 3.05) is 13.2 Å². The zero-order valence-electron chi connectivity index (χ0n) is 15.7. The summed E-state index contributed by atoms with van der Waals surface area (Å²) in [7, 11) is 0. The molecule has 0 spiro atoms. The predicted molar refractivity (Wildman–Crippen MR) is 99.2 cm³/mol. The molecule has 3 fully saturated rings. The maximum Gasteiger partial charge on any atom is 0.139 e. The molecule has 2 N–H and O–H groups in total. The number of rotatable bonds is 3. The summed E-state index contributed by atoms with van der Waals surface area (Å²) in [6.07, 6.45) is 11.1. The Bertz CT molecular complexity index is 625. The zero-order valence-corrected chi connectivity index (χ0v) is 15.7. The van der Waals surface area contributed by atoms with Gasteiger partial charge >= 0.3 is 0 Å². The van der Waals surface area contributed by atoms with Crippen molar-refractivity contribution < 1.29 is 9.63 Å². The fourth-order valence-corrected chi connectivity index (χ4v) is 6.60. The first-order valence-corrected chi connectivity index (χ1v) is 10.1. The van der Waals surface area contributed by atoms with E-state index in [-0.39, 0.29) is 5.41 Å². The highest BCUT2D eigenvalue weighted by Gasteiger charge is 2.58. The average Bonchev–Trinajstić information content (AvgIpc) is 2.90. The predicted octanol–water partition coefficient (Wildman–Crippen LogP) is 3.85. The van der Waals surface area contributed by atoms with Gasteiger partial charge in [-0.15, -0.1) is 0 Å². The molecule has 0 aromatic carbocycles. The Balaban J connectivity index is 1.58. The molecule has 0 aromatic heterocycles. The molecule has 4 nitrogen and oxygen atoms in total. The number of carbonyl (C=O) groups is 1. The molecule has 4 heteroatoms. The summed E-state index contributed by atoms with van der Waals surface area (Å²) in [5, 5.41) is 4.29. The van der Waals surface area contributed by atoms with Crippen molar-refractivity contribution in [2.24, 2.45) is 39.5 Å². The topological polar surface area (TPSA) is 64.7 Å². The van der Waals surface area contributed by atoms with Gasteiger partial charge in [-0.05, 0) is 74.2 Å². The number of carbonyl (C=O) groups excluding carboxylic acids is 1. The molecular weight excluding hydrogens is 312 g/mol. The number of hydrogen-bond donors (Lipinski definition) is 1. The SMILES string of the molecule is CC12CCC3C(CCC4=C/C(=N/OCCN)CC[C@@]43C)C1CCC2=O. The van der Waals surface area contributed by atoms with E-state index < -0.39 is 0 Å². The van der Waals surface area contributed by atoms with Gasteiger partial charge in [0.05, 0.1) is 5.71 Å². The third-order valence-electron chi connectivity index (χ3n) is 8.08. The van der Waals surface area contributed by atoms with Crippen LogP contribution in [0.25, 0.3) is 0 Å². The number of hydrogen-bond acceptors (Lipinski definition) is 4. The zero-order chi connectivity index (χ0) is 17.7. The average molecular weight is 344 g/mol. The van der Waals surface area contributed by atoms with Crippen LogP contribution in [-0.4, -0.2) is 24.6 Å². The second kappa shape index (κ2) is 6.22. The van der Waals surface area contributed by atoms with Crippen LogP contribution >= 0.6 is 0 Å². The molecule has 4 aliphatic rings. The molecule has 0 amide bonds. The van der Waals surface area contributed by atoms with E-state index in [1.54, 1.807) is 5.57 Å². The molecule has 0 bridgehead atoms. The normalized spacial score (nSPS) is 44.8. The van der Waals surface area contributed by atoms with E-state index in [0.29, 0.717) is 30.3 Å². The second-order valence-electron chi connectivity index (χ2n) is 9.13. The van der Waals surface area contributed by atoms with Crippen LogP contribution in [0.1, 0.15) is 65.2 Å². The second-order valence-corrected chi connectivity index (χ2v) is 9.13. The van der Waals surface area contributed by atoms with Crippen LogP contribution in [-0.2, 0) is 9.63 Å². The van der Waals surface area contributed by atoms with Gasteiger partial charge in [0.25, 0.3) is 0 Å². The number of oxime groups is 1. The van der Waals surface area contributed by atoms with Crippen LogP contribution in [0, 0.1) is 28.6 Å². The Morgan fingerprint density at radius 3 is 2.72 bits per heavy atom. The Hall–Kier alpha value is -1.16. The number of fused-ring (bicyclic) bond motifs is 5. The van der Waals surface area contributed by atoms with Crippen LogP contribution < -0.4 is 5.73 Å². The van der Waals surface area contributed by atoms with Crippen LogP contribution in [0.2, 0.25) is 0 Å². The first-order valence-electron chi connectivity index (χ1n) is 10.1. The van der Waals surface area contributed by atoms with Crippen molar-refractivity contribution in [3.8, 4) is 0 Å². The molecule has 5 atom stereocenters. The van der Waals surface area contributed by atoms with E-state index in [1.165, 1.54) is 19.3 Å². The van der Waals surface area contributed by atoms with E-state index in [4.69, 9.17) is 10.6 Å². The van der Waals surface area contributed by atoms with Crippen molar-refractivity contribution in [3.05, 3.63) is 11.6 Å². The molecule has 25 heavy (non-hydrogen) atoms. The molecule has 4 aliphatic carbocycles. The van der Waals surface area contributed by atoms with Gasteiger partial charge in [0.2, 0.25) is 0 Å². The first kappa shape index (κ1) is 17.3. The minimum atomic E-state index is -0.0178. The lowest BCUT2D eigenvalue weighted by molar-refractivity contribution is -0.132. The van der Waals surface area contributed by atoms with E-state index >= 15 is 0 Å². The molecule has 4 rings (SSSR count). The number of allylic oxidation sites excluding steroid dienone is 2. The fourth-order valence-electron chi connectivity index (χ4n) is 6.60. The van der Waals surface area contributed by atoms with Crippen molar-refractivity contribution in [3.63, 3.8) is 0 Å². The third-order valence-corrected chi connectivity index (χ3v) is 8.08. The molecule has 0 saturated heterocycles. The smallest absolute Gasteiger partial charge is 0.139 e. The molecule has 0 aliphatic heterocycles. The minimum Gasteiger partial charge on any atom is -0.394 e. The highest BCUT2D eigenvalue weighted by molar-refractivity contribution is 5.96. The Morgan fingerprint density at radius 1 is 1.12 bits per heavy atom. The van der Waals surface area contributed by atoms with Gasteiger partial charge < -0.3 is 10.6 Å². The Labute approximate surface area is 151 Å². The van der Waals surface area contributed by atoms with Crippen LogP contribution in [0.5, 0.6) is 0 Å². The van der Waals surface area contributed by atoms with Crippen molar-refractivity contribution in [2.45, 2.75) is 65.2 Å². The van der Waals surface area contributed by atoms with Gasteiger partial charge in [0, 0.05) is 18.4 Å². The standard InChI is InChI=1S/C21H32N2O2/c1-20-9-7-15(23-25-12-11-22)13-14(20)3-4-16-17-5-6-19(24)21(17,2)10-8-18(16)20/h13,16-18H,3-12,22H2,1-2H3/b23-15+/t16?,17?,18?,20-,21?/m0/s1. The van der Waals surface area contributed by atoms with Crippen molar-refractivity contribution in [1.82, 2.24) is 0 Å². The molecular formula is C21H32N2O2. The highest BCUT2D eigenvalue weighted by Crippen LogP contribution is 2.64. The summed E-state index contributed by atoms with van der Waals surface area (Å²) in [6.45, 7) is 5.74. The van der Waals surface area contributed by atoms with Gasteiger partial charge in [-0.3, -0.25) is 4.79 Å². The lowest BCUT2D eigenvalue weighted by Crippen LogP contribution is -2.50.